The Morgan fingerprint density at radius 3 is 2.62 bits per heavy atom. The Balaban J connectivity index is 0.000000280. The quantitative estimate of drug-likeness (QED) is 0.688. The van der Waals surface area contributed by atoms with Crippen molar-refractivity contribution in [3.05, 3.63) is 34.9 Å². The summed E-state index contributed by atoms with van der Waals surface area (Å²) in [5.74, 6) is -0.333. The molecule has 0 atom stereocenters. The molecule has 1 aromatic rings. The monoisotopic (exact) mass is 218 g/mol. The van der Waals surface area contributed by atoms with Crippen LogP contribution in [0.25, 0.3) is 0 Å². The van der Waals surface area contributed by atoms with E-state index < -0.39 is 0 Å². The molecule has 86 valence electrons. The van der Waals surface area contributed by atoms with Gasteiger partial charge in [-0.3, -0.25) is 4.79 Å². The van der Waals surface area contributed by atoms with Crippen LogP contribution in [0.2, 0.25) is 0 Å². The minimum Gasteiger partial charge on any atom is -0.370 e. The average Bonchev–Trinajstić information content (AvgIpc) is 2.16. The van der Waals surface area contributed by atoms with E-state index in [1.54, 1.807) is 0 Å². The minimum absolute atomic E-state index is 0.333. The lowest BCUT2D eigenvalue weighted by Gasteiger charge is -2.16. The molecule has 0 aliphatic heterocycles. The Hall–Kier alpha value is -1.64. The fourth-order valence-electron chi connectivity index (χ4n) is 1.81. The molecule has 3 N–H and O–H groups in total. The molecule has 0 bridgehead atoms. The highest BCUT2D eigenvalue weighted by Gasteiger charge is 2.12. The van der Waals surface area contributed by atoms with Gasteiger partial charge in [-0.15, -0.1) is 0 Å². The van der Waals surface area contributed by atoms with Crippen molar-refractivity contribution in [1.82, 2.24) is 0 Å². The summed E-state index contributed by atoms with van der Waals surface area (Å²) in [6.07, 6.45) is 3.25. The van der Waals surface area contributed by atoms with Gasteiger partial charge < -0.3 is 11.1 Å². The van der Waals surface area contributed by atoms with Crippen molar-refractivity contribution in [2.75, 3.05) is 0 Å². The topological polar surface area (TPSA) is 66.9 Å². The van der Waals surface area contributed by atoms with Crippen molar-refractivity contribution in [3.63, 3.8) is 0 Å². The molecule has 0 spiro atoms. The van der Waals surface area contributed by atoms with E-state index in [-0.39, 0.29) is 5.91 Å². The van der Waals surface area contributed by atoms with Gasteiger partial charge in [0, 0.05) is 12.6 Å². The van der Waals surface area contributed by atoms with Crippen LogP contribution in [-0.2, 0) is 11.2 Å². The fourth-order valence-corrected chi connectivity index (χ4v) is 1.81. The SMILES string of the molecule is CC(N)=O.Cc1ccc2c(c1)CCCC2=N. The Kier molecular flexibility index (Phi) is 4.23. The summed E-state index contributed by atoms with van der Waals surface area (Å²) in [5.41, 5.74) is 9.14. The molecular weight excluding hydrogens is 200 g/mol. The summed E-state index contributed by atoms with van der Waals surface area (Å²) in [4.78, 5) is 9.22. The lowest BCUT2D eigenvalue weighted by atomic mass is 9.89. The van der Waals surface area contributed by atoms with E-state index in [4.69, 9.17) is 5.41 Å². The van der Waals surface area contributed by atoms with Gasteiger partial charge in [-0.25, -0.2) is 0 Å². The summed E-state index contributed by atoms with van der Waals surface area (Å²) in [6.45, 7) is 3.42. The van der Waals surface area contributed by atoms with Gasteiger partial charge in [-0.1, -0.05) is 23.8 Å². The molecule has 0 radical (unpaired) electrons. The highest BCUT2D eigenvalue weighted by atomic mass is 16.1. The highest BCUT2D eigenvalue weighted by Crippen LogP contribution is 2.21. The number of rotatable bonds is 0. The summed E-state index contributed by atoms with van der Waals surface area (Å²) >= 11 is 0. The Bertz CT molecular complexity index is 406. The number of aryl methyl sites for hydroxylation is 2. The standard InChI is InChI=1S/C11H13N.C2H5NO/c1-8-5-6-10-9(7-8)3-2-4-11(10)12;1-2(3)4/h5-7,12H,2-4H2,1H3;1H3,(H2,3,4). The predicted octanol–water partition coefficient (Wildman–Crippen LogP) is 2.19. The molecule has 16 heavy (non-hydrogen) atoms. The van der Waals surface area contributed by atoms with Crippen molar-refractivity contribution < 1.29 is 4.79 Å². The second-order valence-corrected chi connectivity index (χ2v) is 4.10. The first-order chi connectivity index (χ1) is 7.50. The molecule has 3 heteroatoms. The summed E-state index contributed by atoms with van der Waals surface area (Å²) in [6, 6.07) is 6.40. The van der Waals surface area contributed by atoms with Crippen LogP contribution in [0, 0.1) is 12.3 Å². The zero-order chi connectivity index (χ0) is 12.1. The largest absolute Gasteiger partial charge is 0.370 e. The summed E-state index contributed by atoms with van der Waals surface area (Å²) < 4.78 is 0. The Morgan fingerprint density at radius 2 is 2.00 bits per heavy atom. The fraction of sp³-hybridized carbons (Fsp3) is 0.385. The van der Waals surface area contributed by atoms with Crippen molar-refractivity contribution in [2.45, 2.75) is 33.1 Å². The summed E-state index contributed by atoms with van der Waals surface area (Å²) in [7, 11) is 0. The van der Waals surface area contributed by atoms with Gasteiger partial charge in [0.2, 0.25) is 5.91 Å². The van der Waals surface area contributed by atoms with Crippen LogP contribution in [0.3, 0.4) is 0 Å². The third kappa shape index (κ3) is 3.50. The molecule has 1 aromatic carbocycles. The number of hydrogen-bond acceptors (Lipinski definition) is 2. The number of carbonyl (C=O) groups excluding carboxylic acids is 1. The van der Waals surface area contributed by atoms with E-state index in [0.717, 1.165) is 25.0 Å². The van der Waals surface area contributed by atoms with Gasteiger partial charge >= 0.3 is 0 Å². The van der Waals surface area contributed by atoms with Crippen LogP contribution in [0.15, 0.2) is 18.2 Å². The second kappa shape index (κ2) is 5.45. The van der Waals surface area contributed by atoms with Crippen molar-refractivity contribution >= 4 is 11.6 Å². The lowest BCUT2D eigenvalue weighted by molar-refractivity contribution is -0.115. The molecule has 1 aliphatic carbocycles. The molecule has 0 aromatic heterocycles. The number of nitrogens with one attached hydrogen (secondary N) is 1. The zero-order valence-electron chi connectivity index (χ0n) is 9.84. The molecule has 2 rings (SSSR count). The molecule has 3 nitrogen and oxygen atoms in total. The van der Waals surface area contributed by atoms with Crippen LogP contribution in [0.4, 0.5) is 0 Å². The van der Waals surface area contributed by atoms with E-state index >= 15 is 0 Å². The number of carbonyl (C=O) groups is 1. The number of hydrogen-bond donors (Lipinski definition) is 2. The number of nitrogens with two attached hydrogens (primary N) is 1. The molecule has 1 amide bonds. The summed E-state index contributed by atoms with van der Waals surface area (Å²) in [5, 5.41) is 7.74. The van der Waals surface area contributed by atoms with Crippen LogP contribution >= 0.6 is 0 Å². The van der Waals surface area contributed by atoms with Crippen LogP contribution in [0.1, 0.15) is 36.5 Å². The van der Waals surface area contributed by atoms with Gasteiger partial charge in [0.15, 0.2) is 0 Å². The van der Waals surface area contributed by atoms with Gasteiger partial charge in [0.05, 0.1) is 0 Å². The normalized spacial score (nSPS) is 13.5. The smallest absolute Gasteiger partial charge is 0.214 e. The van der Waals surface area contributed by atoms with E-state index in [0.29, 0.717) is 0 Å². The van der Waals surface area contributed by atoms with Crippen LogP contribution in [-0.4, -0.2) is 11.6 Å². The Morgan fingerprint density at radius 1 is 1.38 bits per heavy atom. The predicted molar refractivity (Wildman–Crippen MR) is 65.8 cm³/mol. The molecular formula is C13H18N2O. The average molecular weight is 218 g/mol. The third-order valence-electron chi connectivity index (χ3n) is 2.46. The molecule has 1 aliphatic rings. The van der Waals surface area contributed by atoms with Gasteiger partial charge in [-0.05, 0) is 37.3 Å². The van der Waals surface area contributed by atoms with E-state index in [9.17, 15) is 4.79 Å². The number of benzene rings is 1. The molecule has 0 heterocycles. The maximum absolute atomic E-state index is 9.22. The van der Waals surface area contributed by atoms with E-state index in [1.807, 2.05) is 0 Å². The molecule has 0 unspecified atom stereocenters. The van der Waals surface area contributed by atoms with Crippen molar-refractivity contribution in [1.29, 1.82) is 5.41 Å². The second-order valence-electron chi connectivity index (χ2n) is 4.10. The molecule has 0 saturated heterocycles. The first-order valence-corrected chi connectivity index (χ1v) is 5.44. The van der Waals surface area contributed by atoms with E-state index in [1.165, 1.54) is 23.6 Å². The minimum atomic E-state index is -0.333. The number of fused-ring (bicyclic) bond motifs is 1. The molecule has 0 saturated carbocycles. The highest BCUT2D eigenvalue weighted by molar-refractivity contribution is 6.00. The molecule has 0 fully saturated rings. The van der Waals surface area contributed by atoms with Crippen LogP contribution in [0.5, 0.6) is 0 Å². The lowest BCUT2D eigenvalue weighted by Crippen LogP contribution is -2.10. The first kappa shape index (κ1) is 12.4. The van der Waals surface area contributed by atoms with Gasteiger partial charge in [0.25, 0.3) is 0 Å². The van der Waals surface area contributed by atoms with Crippen molar-refractivity contribution in [3.8, 4) is 0 Å². The van der Waals surface area contributed by atoms with Crippen molar-refractivity contribution in [2.24, 2.45) is 5.73 Å². The van der Waals surface area contributed by atoms with E-state index in [2.05, 4.69) is 30.9 Å². The van der Waals surface area contributed by atoms with Gasteiger partial charge in [-0.2, -0.15) is 0 Å². The van der Waals surface area contributed by atoms with Crippen LogP contribution < -0.4 is 5.73 Å². The number of primary amides is 1. The third-order valence-corrected chi connectivity index (χ3v) is 2.46. The maximum Gasteiger partial charge on any atom is 0.214 e. The Labute approximate surface area is 96.2 Å². The number of amides is 1. The zero-order valence-corrected chi connectivity index (χ0v) is 9.84. The van der Waals surface area contributed by atoms with Gasteiger partial charge in [0.1, 0.15) is 0 Å². The first-order valence-electron chi connectivity index (χ1n) is 5.44. The maximum atomic E-state index is 9.22.